The third kappa shape index (κ3) is 2.56. The third-order valence-electron chi connectivity index (χ3n) is 3.38. The van der Waals surface area contributed by atoms with E-state index in [1.54, 1.807) is 23.0 Å². The van der Waals surface area contributed by atoms with Gasteiger partial charge in [0.05, 0.1) is 18.4 Å². The smallest absolute Gasteiger partial charge is 0.336 e. The van der Waals surface area contributed by atoms with E-state index in [1.165, 1.54) is 13.2 Å². The molecule has 0 saturated carbocycles. The average molecular weight is 294 g/mol. The van der Waals surface area contributed by atoms with Gasteiger partial charge in [0, 0.05) is 12.4 Å². The van der Waals surface area contributed by atoms with Gasteiger partial charge >= 0.3 is 5.97 Å². The summed E-state index contributed by atoms with van der Waals surface area (Å²) >= 11 is 0. The van der Waals surface area contributed by atoms with Crippen LogP contribution in [-0.2, 0) is 0 Å². The zero-order chi connectivity index (χ0) is 15.5. The fourth-order valence-electron chi connectivity index (χ4n) is 2.32. The molecule has 0 spiro atoms. The van der Waals surface area contributed by atoms with Gasteiger partial charge in [-0.2, -0.15) is 5.10 Å². The standard InChI is InChI=1S/C17H14N2O3/c1-22-14-6-7-15(16(11-14)17(20)21)12-4-2-5-13(10-12)19-9-3-8-18-19/h2-11H,1H3,(H,20,21). The minimum Gasteiger partial charge on any atom is -0.497 e. The van der Waals surface area contributed by atoms with Gasteiger partial charge in [-0.05, 0) is 47.5 Å². The van der Waals surface area contributed by atoms with E-state index >= 15 is 0 Å². The van der Waals surface area contributed by atoms with Gasteiger partial charge in [0.15, 0.2) is 0 Å². The Labute approximate surface area is 127 Å². The zero-order valence-electron chi connectivity index (χ0n) is 11.9. The Morgan fingerprint density at radius 1 is 1.18 bits per heavy atom. The van der Waals surface area contributed by atoms with Crippen LogP contribution in [0.15, 0.2) is 60.9 Å². The molecule has 0 aliphatic heterocycles. The topological polar surface area (TPSA) is 64.4 Å². The molecule has 0 aliphatic rings. The molecule has 22 heavy (non-hydrogen) atoms. The summed E-state index contributed by atoms with van der Waals surface area (Å²) < 4.78 is 6.83. The van der Waals surface area contributed by atoms with Gasteiger partial charge < -0.3 is 9.84 Å². The van der Waals surface area contributed by atoms with Crippen LogP contribution in [0.3, 0.4) is 0 Å². The van der Waals surface area contributed by atoms with Crippen LogP contribution in [-0.4, -0.2) is 28.0 Å². The highest BCUT2D eigenvalue weighted by atomic mass is 16.5. The molecule has 1 heterocycles. The molecule has 2 aromatic carbocycles. The van der Waals surface area contributed by atoms with E-state index in [-0.39, 0.29) is 5.56 Å². The van der Waals surface area contributed by atoms with Crippen LogP contribution in [0, 0.1) is 0 Å². The number of rotatable bonds is 4. The molecule has 0 amide bonds. The Morgan fingerprint density at radius 2 is 2.05 bits per heavy atom. The van der Waals surface area contributed by atoms with Crippen molar-refractivity contribution >= 4 is 5.97 Å². The minimum atomic E-state index is -0.988. The summed E-state index contributed by atoms with van der Waals surface area (Å²) in [6.07, 6.45) is 3.54. The molecule has 1 aromatic heterocycles. The molecule has 5 heteroatoms. The van der Waals surface area contributed by atoms with E-state index in [0.717, 1.165) is 11.3 Å². The van der Waals surface area contributed by atoms with Crippen molar-refractivity contribution in [3.8, 4) is 22.6 Å². The highest BCUT2D eigenvalue weighted by molar-refractivity contribution is 5.96. The number of ether oxygens (including phenoxy) is 1. The molecule has 0 atom stereocenters. The van der Waals surface area contributed by atoms with Crippen LogP contribution in [0.25, 0.3) is 16.8 Å². The van der Waals surface area contributed by atoms with Crippen molar-refractivity contribution in [1.82, 2.24) is 9.78 Å². The Morgan fingerprint density at radius 3 is 2.73 bits per heavy atom. The van der Waals surface area contributed by atoms with E-state index in [1.807, 2.05) is 36.5 Å². The molecule has 0 bridgehead atoms. The highest BCUT2D eigenvalue weighted by Gasteiger charge is 2.13. The number of aromatic nitrogens is 2. The van der Waals surface area contributed by atoms with Crippen molar-refractivity contribution < 1.29 is 14.6 Å². The van der Waals surface area contributed by atoms with Gasteiger partial charge in [-0.15, -0.1) is 0 Å². The SMILES string of the molecule is COc1ccc(-c2cccc(-n3cccn3)c2)c(C(=O)O)c1. The fourth-order valence-corrected chi connectivity index (χ4v) is 2.32. The number of carboxylic acids is 1. The monoisotopic (exact) mass is 294 g/mol. The zero-order valence-corrected chi connectivity index (χ0v) is 11.9. The first-order valence-electron chi connectivity index (χ1n) is 6.71. The molecule has 0 unspecified atom stereocenters. The van der Waals surface area contributed by atoms with Crippen molar-refractivity contribution in [2.24, 2.45) is 0 Å². The molecule has 3 aromatic rings. The number of hydrogen-bond donors (Lipinski definition) is 1. The molecule has 0 aliphatic carbocycles. The summed E-state index contributed by atoms with van der Waals surface area (Å²) in [4.78, 5) is 11.5. The second kappa shape index (κ2) is 5.73. The second-order valence-electron chi connectivity index (χ2n) is 4.72. The molecule has 0 radical (unpaired) electrons. The van der Waals surface area contributed by atoms with Crippen LogP contribution in [0.2, 0.25) is 0 Å². The van der Waals surface area contributed by atoms with Crippen LogP contribution in [0.5, 0.6) is 5.75 Å². The molecule has 0 saturated heterocycles. The number of carboxylic acid groups (broad SMARTS) is 1. The van der Waals surface area contributed by atoms with Gasteiger partial charge in [0.25, 0.3) is 0 Å². The lowest BCUT2D eigenvalue weighted by atomic mass is 9.99. The first-order valence-corrected chi connectivity index (χ1v) is 6.71. The summed E-state index contributed by atoms with van der Waals surface area (Å²) in [5.41, 5.74) is 2.53. The van der Waals surface area contributed by atoms with Crippen LogP contribution >= 0.6 is 0 Å². The number of benzene rings is 2. The Hall–Kier alpha value is -3.08. The third-order valence-corrected chi connectivity index (χ3v) is 3.38. The van der Waals surface area contributed by atoms with Gasteiger partial charge in [0.2, 0.25) is 0 Å². The Bertz CT molecular complexity index is 811. The summed E-state index contributed by atoms with van der Waals surface area (Å²) in [5, 5.41) is 13.6. The summed E-state index contributed by atoms with van der Waals surface area (Å²) in [7, 11) is 1.51. The van der Waals surface area contributed by atoms with E-state index in [9.17, 15) is 9.90 Å². The van der Waals surface area contributed by atoms with Gasteiger partial charge in [-0.25, -0.2) is 9.48 Å². The quantitative estimate of drug-likeness (QED) is 0.802. The van der Waals surface area contributed by atoms with Crippen molar-refractivity contribution in [3.63, 3.8) is 0 Å². The summed E-state index contributed by atoms with van der Waals surface area (Å²) in [6, 6.07) is 14.4. The number of hydrogen-bond acceptors (Lipinski definition) is 3. The maximum atomic E-state index is 11.5. The number of aromatic carboxylic acids is 1. The van der Waals surface area contributed by atoms with Gasteiger partial charge in [-0.3, -0.25) is 0 Å². The molecule has 5 nitrogen and oxygen atoms in total. The van der Waals surface area contributed by atoms with Crippen molar-refractivity contribution in [3.05, 3.63) is 66.5 Å². The van der Waals surface area contributed by atoms with E-state index in [4.69, 9.17) is 4.74 Å². The lowest BCUT2D eigenvalue weighted by molar-refractivity contribution is 0.0697. The summed E-state index contributed by atoms with van der Waals surface area (Å²) in [5.74, 6) is -0.470. The maximum absolute atomic E-state index is 11.5. The normalized spacial score (nSPS) is 10.4. The first kappa shape index (κ1) is 13.9. The first-order chi connectivity index (χ1) is 10.7. The second-order valence-corrected chi connectivity index (χ2v) is 4.72. The molecular formula is C17H14N2O3. The number of nitrogens with zero attached hydrogens (tertiary/aromatic N) is 2. The fraction of sp³-hybridized carbons (Fsp3) is 0.0588. The van der Waals surface area contributed by atoms with Crippen LogP contribution in [0.1, 0.15) is 10.4 Å². The molecule has 0 fully saturated rings. The van der Waals surface area contributed by atoms with Crippen molar-refractivity contribution in [1.29, 1.82) is 0 Å². The van der Waals surface area contributed by atoms with Crippen LogP contribution in [0.4, 0.5) is 0 Å². The predicted molar refractivity (Wildman–Crippen MR) is 82.5 cm³/mol. The van der Waals surface area contributed by atoms with E-state index < -0.39 is 5.97 Å². The van der Waals surface area contributed by atoms with E-state index in [0.29, 0.717) is 11.3 Å². The van der Waals surface area contributed by atoms with Crippen molar-refractivity contribution in [2.45, 2.75) is 0 Å². The summed E-state index contributed by atoms with van der Waals surface area (Å²) in [6.45, 7) is 0. The highest BCUT2D eigenvalue weighted by Crippen LogP contribution is 2.28. The van der Waals surface area contributed by atoms with E-state index in [2.05, 4.69) is 5.10 Å². The maximum Gasteiger partial charge on any atom is 0.336 e. The lowest BCUT2D eigenvalue weighted by Gasteiger charge is -2.10. The molecule has 3 rings (SSSR count). The molecular weight excluding hydrogens is 280 g/mol. The van der Waals surface area contributed by atoms with Crippen molar-refractivity contribution in [2.75, 3.05) is 7.11 Å². The number of methoxy groups -OCH3 is 1. The number of carbonyl (C=O) groups is 1. The Kier molecular flexibility index (Phi) is 3.62. The average Bonchev–Trinajstić information content (AvgIpc) is 3.09. The molecule has 1 N–H and O–H groups in total. The lowest BCUT2D eigenvalue weighted by Crippen LogP contribution is -2.01. The minimum absolute atomic E-state index is 0.206. The predicted octanol–water partition coefficient (Wildman–Crippen LogP) is 3.25. The largest absolute Gasteiger partial charge is 0.497 e. The van der Waals surface area contributed by atoms with Gasteiger partial charge in [0.1, 0.15) is 5.75 Å². The van der Waals surface area contributed by atoms with Gasteiger partial charge in [-0.1, -0.05) is 12.1 Å². The molecule has 110 valence electrons. The Balaban J connectivity index is 2.11. The van der Waals surface area contributed by atoms with Crippen LogP contribution < -0.4 is 4.74 Å².